The summed E-state index contributed by atoms with van der Waals surface area (Å²) in [7, 11) is 0. The van der Waals surface area contributed by atoms with Gasteiger partial charge in [0.1, 0.15) is 23.6 Å². The molecule has 2 aromatic heterocycles. The molecule has 0 saturated heterocycles. The zero-order valence-corrected chi connectivity index (χ0v) is 15.3. The molecule has 2 heterocycles. The summed E-state index contributed by atoms with van der Waals surface area (Å²) in [4.78, 5) is 20.3. The largest absolute Gasteiger partial charge is 0.360 e. The minimum atomic E-state index is -0.308. The fraction of sp³-hybridized carbons (Fsp3) is 0.176. The van der Waals surface area contributed by atoms with E-state index in [0.29, 0.717) is 40.4 Å². The maximum absolute atomic E-state index is 12.3. The zero-order chi connectivity index (χ0) is 18.5. The lowest BCUT2D eigenvalue weighted by atomic mass is 10.1. The minimum Gasteiger partial charge on any atom is -0.360 e. The molecule has 0 atom stereocenters. The van der Waals surface area contributed by atoms with Crippen LogP contribution in [0, 0.1) is 6.92 Å². The van der Waals surface area contributed by atoms with Gasteiger partial charge >= 0.3 is 0 Å². The fourth-order valence-corrected chi connectivity index (χ4v) is 2.74. The van der Waals surface area contributed by atoms with Gasteiger partial charge in [0.2, 0.25) is 0 Å². The van der Waals surface area contributed by atoms with Crippen molar-refractivity contribution in [3.05, 3.63) is 63.7 Å². The number of rotatable bonds is 6. The van der Waals surface area contributed by atoms with Gasteiger partial charge in [-0.25, -0.2) is 9.97 Å². The molecule has 3 aromatic rings. The smallest absolute Gasteiger partial charge is 0.270 e. The Morgan fingerprint density at radius 1 is 1.15 bits per heavy atom. The van der Waals surface area contributed by atoms with Crippen molar-refractivity contribution in [1.29, 1.82) is 0 Å². The van der Waals surface area contributed by atoms with Gasteiger partial charge in [-0.05, 0) is 31.0 Å². The third-order valence-electron chi connectivity index (χ3n) is 3.48. The lowest BCUT2D eigenvalue weighted by molar-refractivity contribution is 0.0949. The van der Waals surface area contributed by atoms with Crippen LogP contribution in [0.1, 0.15) is 21.8 Å². The first-order valence-corrected chi connectivity index (χ1v) is 8.51. The molecule has 3 rings (SSSR count). The number of carbonyl (C=O) groups is 1. The van der Waals surface area contributed by atoms with Crippen molar-refractivity contribution < 1.29 is 9.32 Å². The number of aromatic nitrogens is 3. The van der Waals surface area contributed by atoms with Crippen molar-refractivity contribution >= 4 is 40.7 Å². The second kappa shape index (κ2) is 8.16. The Balaban J connectivity index is 1.58. The molecule has 0 unspecified atom stereocenters. The van der Waals surface area contributed by atoms with Crippen LogP contribution in [0.15, 0.2) is 41.2 Å². The Hall–Kier alpha value is -2.64. The average Bonchev–Trinajstić information content (AvgIpc) is 3.02. The molecule has 26 heavy (non-hydrogen) atoms. The Bertz CT molecular complexity index is 929. The van der Waals surface area contributed by atoms with Crippen LogP contribution < -0.4 is 10.6 Å². The van der Waals surface area contributed by atoms with Crippen molar-refractivity contribution in [2.45, 2.75) is 13.3 Å². The lowest BCUT2D eigenvalue weighted by Gasteiger charge is -2.07. The van der Waals surface area contributed by atoms with E-state index < -0.39 is 0 Å². The minimum absolute atomic E-state index is 0.241. The monoisotopic (exact) mass is 391 g/mol. The standard InChI is InChI=1S/C17H15Cl2N5O2/c1-10-6-16(24-26-10)23-15-8-14(21-9-22-15)17(25)20-5-4-11-2-3-12(18)7-13(11)19/h2-3,6-9H,4-5H2,1H3,(H,20,25)(H,21,22,23,24). The molecule has 0 aliphatic heterocycles. The topological polar surface area (TPSA) is 92.9 Å². The molecule has 0 fully saturated rings. The Morgan fingerprint density at radius 2 is 2.00 bits per heavy atom. The molecule has 0 bridgehead atoms. The summed E-state index contributed by atoms with van der Waals surface area (Å²) in [6, 6.07) is 8.53. The first-order chi connectivity index (χ1) is 12.5. The van der Waals surface area contributed by atoms with Crippen molar-refractivity contribution in [3.8, 4) is 0 Å². The summed E-state index contributed by atoms with van der Waals surface area (Å²) in [6.45, 7) is 2.19. The number of amides is 1. The number of nitrogens with one attached hydrogen (secondary N) is 2. The van der Waals surface area contributed by atoms with E-state index in [4.69, 9.17) is 27.7 Å². The maximum Gasteiger partial charge on any atom is 0.270 e. The van der Waals surface area contributed by atoms with Crippen molar-refractivity contribution in [2.24, 2.45) is 0 Å². The highest BCUT2D eigenvalue weighted by Gasteiger charge is 2.10. The van der Waals surface area contributed by atoms with Crippen LogP contribution in [0.3, 0.4) is 0 Å². The number of hydrogen-bond acceptors (Lipinski definition) is 6. The third kappa shape index (κ3) is 4.71. The summed E-state index contributed by atoms with van der Waals surface area (Å²) in [5, 5.41) is 10.7. The molecule has 0 saturated carbocycles. The molecule has 134 valence electrons. The molecule has 2 N–H and O–H groups in total. The van der Waals surface area contributed by atoms with Crippen molar-refractivity contribution in [3.63, 3.8) is 0 Å². The van der Waals surface area contributed by atoms with Crippen LogP contribution in [0.4, 0.5) is 11.6 Å². The Kier molecular flexibility index (Phi) is 5.70. The van der Waals surface area contributed by atoms with E-state index in [0.717, 1.165) is 5.56 Å². The summed E-state index contributed by atoms with van der Waals surface area (Å²) < 4.78 is 4.97. The van der Waals surface area contributed by atoms with Gasteiger partial charge in [-0.1, -0.05) is 34.4 Å². The highest BCUT2D eigenvalue weighted by Crippen LogP contribution is 2.21. The van der Waals surface area contributed by atoms with Gasteiger partial charge in [-0.3, -0.25) is 4.79 Å². The van der Waals surface area contributed by atoms with Gasteiger partial charge in [0, 0.05) is 28.7 Å². The number of carbonyl (C=O) groups excluding carboxylic acids is 1. The predicted molar refractivity (Wildman–Crippen MR) is 99.1 cm³/mol. The summed E-state index contributed by atoms with van der Waals surface area (Å²) in [5.41, 5.74) is 1.15. The van der Waals surface area contributed by atoms with Crippen molar-refractivity contribution in [2.75, 3.05) is 11.9 Å². The van der Waals surface area contributed by atoms with Gasteiger partial charge in [0.05, 0.1) is 0 Å². The van der Waals surface area contributed by atoms with E-state index in [1.807, 2.05) is 6.07 Å². The third-order valence-corrected chi connectivity index (χ3v) is 4.07. The quantitative estimate of drug-likeness (QED) is 0.663. The Labute approximate surface area is 159 Å². The maximum atomic E-state index is 12.3. The van der Waals surface area contributed by atoms with E-state index in [-0.39, 0.29) is 11.6 Å². The number of anilines is 2. The molecule has 0 aliphatic carbocycles. The van der Waals surface area contributed by atoms with E-state index in [1.54, 1.807) is 25.1 Å². The van der Waals surface area contributed by atoms with E-state index >= 15 is 0 Å². The second-order valence-corrected chi connectivity index (χ2v) is 6.32. The summed E-state index contributed by atoms with van der Waals surface area (Å²) in [6.07, 6.45) is 1.89. The van der Waals surface area contributed by atoms with E-state index in [2.05, 4.69) is 25.8 Å². The molecule has 0 aliphatic rings. The number of nitrogens with zero attached hydrogens (tertiary/aromatic N) is 3. The summed E-state index contributed by atoms with van der Waals surface area (Å²) in [5.74, 6) is 1.31. The van der Waals surface area contributed by atoms with Crippen LogP contribution >= 0.6 is 23.2 Å². The lowest BCUT2D eigenvalue weighted by Crippen LogP contribution is -2.26. The average molecular weight is 392 g/mol. The van der Waals surface area contributed by atoms with Gasteiger partial charge in [-0.15, -0.1) is 0 Å². The van der Waals surface area contributed by atoms with E-state index in [9.17, 15) is 4.79 Å². The normalized spacial score (nSPS) is 10.6. The van der Waals surface area contributed by atoms with Gasteiger partial charge in [0.25, 0.3) is 5.91 Å². The fourth-order valence-electron chi connectivity index (χ4n) is 2.23. The highest BCUT2D eigenvalue weighted by molar-refractivity contribution is 6.35. The first-order valence-electron chi connectivity index (χ1n) is 7.76. The Morgan fingerprint density at radius 3 is 2.73 bits per heavy atom. The van der Waals surface area contributed by atoms with Crippen LogP contribution in [-0.2, 0) is 6.42 Å². The number of aryl methyl sites for hydroxylation is 1. The van der Waals surface area contributed by atoms with Gasteiger partial charge < -0.3 is 15.2 Å². The molecule has 0 radical (unpaired) electrons. The summed E-state index contributed by atoms with van der Waals surface area (Å²) >= 11 is 12.0. The first kappa shape index (κ1) is 18.2. The van der Waals surface area contributed by atoms with Gasteiger partial charge in [0.15, 0.2) is 5.82 Å². The molecule has 9 heteroatoms. The zero-order valence-electron chi connectivity index (χ0n) is 13.8. The van der Waals surface area contributed by atoms with Crippen molar-refractivity contribution in [1.82, 2.24) is 20.4 Å². The molecule has 0 spiro atoms. The van der Waals surface area contributed by atoms with Crippen LogP contribution in [0.5, 0.6) is 0 Å². The van der Waals surface area contributed by atoms with Gasteiger partial charge in [-0.2, -0.15) is 0 Å². The molecular formula is C17H15Cl2N5O2. The predicted octanol–water partition coefficient (Wildman–Crippen LogP) is 3.80. The number of hydrogen-bond donors (Lipinski definition) is 2. The number of halogens is 2. The highest BCUT2D eigenvalue weighted by atomic mass is 35.5. The van der Waals surface area contributed by atoms with Crippen LogP contribution in [0.2, 0.25) is 10.0 Å². The molecule has 1 aromatic carbocycles. The van der Waals surface area contributed by atoms with Crippen LogP contribution in [0.25, 0.3) is 0 Å². The SMILES string of the molecule is Cc1cc(Nc2cc(C(=O)NCCc3ccc(Cl)cc3Cl)ncn2)no1. The second-order valence-electron chi connectivity index (χ2n) is 5.48. The molecule has 7 nitrogen and oxygen atoms in total. The molecular weight excluding hydrogens is 377 g/mol. The van der Waals surface area contributed by atoms with E-state index in [1.165, 1.54) is 12.4 Å². The molecule has 1 amide bonds. The van der Waals surface area contributed by atoms with Crippen LogP contribution in [-0.4, -0.2) is 27.6 Å². The number of benzene rings is 1.